The van der Waals surface area contributed by atoms with Crippen LogP contribution < -0.4 is 15.1 Å². The first-order chi connectivity index (χ1) is 26.1. The topological polar surface area (TPSA) is 119 Å². The van der Waals surface area contributed by atoms with Crippen LogP contribution in [0.5, 0.6) is 0 Å². The molecule has 54 heavy (non-hydrogen) atoms. The first kappa shape index (κ1) is 48.0. The maximum Gasteiger partial charge on any atom is 0.265 e. The zero-order valence-corrected chi connectivity index (χ0v) is 34.3. The third kappa shape index (κ3) is 15.4. The second kappa shape index (κ2) is 27.5. The number of nitrogens with one attached hydrogen (secondary N) is 1. The molecule has 0 spiro atoms. The molecule has 0 unspecified atom stereocenters. The van der Waals surface area contributed by atoms with Crippen LogP contribution in [0.1, 0.15) is 89.3 Å². The number of hydrogen-bond donors (Lipinski definition) is 3. The van der Waals surface area contributed by atoms with E-state index in [-0.39, 0.29) is 31.2 Å². The number of ether oxygens (including phenoxy) is 1. The number of benzene rings is 3. The summed E-state index contributed by atoms with van der Waals surface area (Å²) >= 11 is 6.41. The van der Waals surface area contributed by atoms with Gasteiger partial charge < -0.3 is 30.1 Å². The molecule has 0 atom stereocenters. The molecule has 0 saturated carbocycles. The van der Waals surface area contributed by atoms with Crippen molar-refractivity contribution < 1.29 is 29.3 Å². The van der Waals surface area contributed by atoms with E-state index in [0.29, 0.717) is 41.1 Å². The van der Waals surface area contributed by atoms with Gasteiger partial charge in [-0.2, -0.15) is 0 Å². The number of amides is 1. The van der Waals surface area contributed by atoms with Crippen LogP contribution in [0.15, 0.2) is 78.4 Å². The SMILES string of the molecule is CC.CCCCCCCCc1ccc(CCC(CO)(CO)NC)cc1.CCN(C(=O)/C(C=O)=C(\OCC=O)c1c(Cl)cccc1N(C)C)c1ccccc1. The highest BCUT2D eigenvalue weighted by Gasteiger charge is 2.28. The van der Waals surface area contributed by atoms with E-state index in [4.69, 9.17) is 16.3 Å². The smallest absolute Gasteiger partial charge is 0.265 e. The average Bonchev–Trinajstić information content (AvgIpc) is 3.20. The molecule has 0 fully saturated rings. The number of rotatable bonds is 22. The molecular weight excluding hydrogens is 702 g/mol. The van der Waals surface area contributed by atoms with Crippen LogP contribution in [0.3, 0.4) is 0 Å². The fraction of sp³-hybridized carbons (Fsp3) is 0.477. The minimum atomic E-state index is -0.572. The van der Waals surface area contributed by atoms with Crippen LogP contribution in [0.4, 0.5) is 11.4 Å². The van der Waals surface area contributed by atoms with Gasteiger partial charge in [0, 0.05) is 32.0 Å². The summed E-state index contributed by atoms with van der Waals surface area (Å²) < 4.78 is 5.58. The minimum Gasteiger partial charge on any atom is -0.484 e. The van der Waals surface area contributed by atoms with Gasteiger partial charge in [0.05, 0.1) is 29.3 Å². The number of carbonyl (C=O) groups excluding carboxylic acids is 3. The van der Waals surface area contributed by atoms with E-state index in [0.717, 1.165) is 12.8 Å². The van der Waals surface area contributed by atoms with Crippen LogP contribution in [0.2, 0.25) is 5.02 Å². The van der Waals surface area contributed by atoms with Crippen molar-refractivity contribution in [1.29, 1.82) is 0 Å². The predicted octanol–water partition coefficient (Wildman–Crippen LogP) is 8.08. The van der Waals surface area contributed by atoms with Gasteiger partial charge in [-0.05, 0) is 75.0 Å². The standard InChI is InChI=1S/C22H23ClN2O4.C20H35NO2.C2H6/c1-4-25(16-9-6-5-7-10-16)22(28)17(15-27)21(29-14-13-26)20-18(23)11-8-12-19(20)24(2)3;1-3-4-5-6-7-8-9-18-10-12-19(13-11-18)14-15-20(16-22,17-23)21-2;1-2/h5-13,15H,4,14H2,1-3H3;10-13,21-23H,3-9,14-17H2,1-2H3;1-2H3/b21-17-;;. The Balaban J connectivity index is 0.000000530. The quantitative estimate of drug-likeness (QED) is 0.0235. The predicted molar refractivity (Wildman–Crippen MR) is 224 cm³/mol. The second-order valence-electron chi connectivity index (χ2n) is 12.9. The van der Waals surface area contributed by atoms with E-state index in [9.17, 15) is 24.6 Å². The summed E-state index contributed by atoms with van der Waals surface area (Å²) in [6.07, 6.45) is 11.8. The summed E-state index contributed by atoms with van der Waals surface area (Å²) in [5, 5.41) is 22.2. The lowest BCUT2D eigenvalue weighted by Crippen LogP contribution is -2.50. The van der Waals surface area contributed by atoms with Gasteiger partial charge in [0.2, 0.25) is 0 Å². The Morgan fingerprint density at radius 2 is 1.43 bits per heavy atom. The third-order valence-corrected chi connectivity index (χ3v) is 9.40. The number of aryl methyl sites for hydroxylation is 2. The van der Waals surface area contributed by atoms with Crippen molar-refractivity contribution in [3.63, 3.8) is 0 Å². The Labute approximate surface area is 329 Å². The van der Waals surface area contributed by atoms with Gasteiger partial charge in [-0.15, -0.1) is 0 Å². The molecule has 10 heteroatoms. The summed E-state index contributed by atoms with van der Waals surface area (Å²) in [5.74, 6) is -0.569. The van der Waals surface area contributed by atoms with Gasteiger partial charge in [-0.25, -0.2) is 0 Å². The Kier molecular flexibility index (Phi) is 24.5. The minimum absolute atomic E-state index is 0.0271. The van der Waals surface area contributed by atoms with Crippen LogP contribution >= 0.6 is 11.6 Å². The number of carbonyl (C=O) groups is 3. The number of aliphatic hydroxyl groups is 2. The van der Waals surface area contributed by atoms with E-state index < -0.39 is 11.4 Å². The number of aldehydes is 2. The lowest BCUT2D eigenvalue weighted by Gasteiger charge is -2.29. The molecule has 0 saturated heterocycles. The number of likely N-dealkylation sites (N-methyl/N-ethyl adjacent to an activating group) is 2. The molecule has 9 nitrogen and oxygen atoms in total. The second-order valence-corrected chi connectivity index (χ2v) is 13.3. The van der Waals surface area contributed by atoms with Crippen LogP contribution in [0.25, 0.3) is 5.76 Å². The molecule has 0 aromatic heterocycles. The van der Waals surface area contributed by atoms with E-state index in [1.807, 2.05) is 19.9 Å². The molecule has 3 aromatic rings. The molecule has 0 aliphatic carbocycles. The fourth-order valence-electron chi connectivity index (χ4n) is 5.77. The van der Waals surface area contributed by atoms with E-state index in [1.54, 1.807) is 75.4 Å². The fourth-order valence-corrected chi connectivity index (χ4v) is 6.02. The summed E-state index contributed by atoms with van der Waals surface area (Å²) in [7, 11) is 5.39. The summed E-state index contributed by atoms with van der Waals surface area (Å²) in [6, 6.07) is 23.0. The highest BCUT2D eigenvalue weighted by Crippen LogP contribution is 2.35. The van der Waals surface area contributed by atoms with Crippen LogP contribution in [0, 0.1) is 0 Å². The Bertz CT molecular complexity index is 1520. The van der Waals surface area contributed by atoms with Crippen molar-refractivity contribution in [1.82, 2.24) is 5.32 Å². The lowest BCUT2D eigenvalue weighted by atomic mass is 9.92. The molecule has 0 heterocycles. The monoisotopic (exact) mass is 765 g/mol. The van der Waals surface area contributed by atoms with Crippen molar-refractivity contribution in [2.24, 2.45) is 0 Å². The van der Waals surface area contributed by atoms with Crippen molar-refractivity contribution in [3.05, 3.63) is 100 Å². The van der Waals surface area contributed by atoms with Gasteiger partial charge in [0.1, 0.15) is 17.9 Å². The van der Waals surface area contributed by atoms with E-state index in [1.165, 1.54) is 61.0 Å². The number of aliphatic hydroxyl groups excluding tert-OH is 2. The molecule has 0 aliphatic heterocycles. The maximum atomic E-state index is 13.3. The van der Waals surface area contributed by atoms with Crippen molar-refractivity contribution >= 4 is 47.2 Å². The summed E-state index contributed by atoms with van der Waals surface area (Å²) in [6.45, 7) is 7.98. The summed E-state index contributed by atoms with van der Waals surface area (Å²) in [4.78, 5) is 39.5. The Morgan fingerprint density at radius 1 is 0.833 bits per heavy atom. The average molecular weight is 766 g/mol. The Hall–Kier alpha value is -4.02. The van der Waals surface area contributed by atoms with Crippen molar-refractivity contribution in [2.75, 3.05) is 57.3 Å². The highest BCUT2D eigenvalue weighted by molar-refractivity contribution is 6.33. The number of nitrogens with zero attached hydrogens (tertiary/aromatic N) is 2. The van der Waals surface area contributed by atoms with E-state index >= 15 is 0 Å². The first-order valence-electron chi connectivity index (χ1n) is 19.2. The van der Waals surface area contributed by atoms with Crippen molar-refractivity contribution in [2.45, 2.75) is 91.0 Å². The number of para-hydroxylation sites is 1. The first-order valence-corrected chi connectivity index (χ1v) is 19.6. The zero-order valence-electron chi connectivity index (χ0n) is 33.6. The van der Waals surface area contributed by atoms with Crippen LogP contribution in [-0.2, 0) is 32.0 Å². The number of anilines is 2. The molecule has 0 bridgehead atoms. The maximum absolute atomic E-state index is 13.3. The molecule has 0 aliphatic rings. The van der Waals surface area contributed by atoms with Crippen LogP contribution in [-0.4, -0.2) is 81.7 Å². The molecule has 3 aromatic carbocycles. The largest absolute Gasteiger partial charge is 0.484 e. The van der Waals surface area contributed by atoms with Gasteiger partial charge in [-0.1, -0.05) is 113 Å². The highest BCUT2D eigenvalue weighted by atomic mass is 35.5. The molecule has 298 valence electrons. The normalized spacial score (nSPS) is 11.2. The molecule has 3 rings (SSSR count). The zero-order chi connectivity index (χ0) is 40.4. The van der Waals surface area contributed by atoms with Gasteiger partial charge in [0.15, 0.2) is 12.6 Å². The van der Waals surface area contributed by atoms with Gasteiger partial charge in [-0.3, -0.25) is 14.4 Å². The Morgan fingerprint density at radius 3 is 1.94 bits per heavy atom. The molecule has 0 radical (unpaired) electrons. The van der Waals surface area contributed by atoms with Gasteiger partial charge in [0.25, 0.3) is 5.91 Å². The molecule has 3 N–H and O–H groups in total. The summed E-state index contributed by atoms with van der Waals surface area (Å²) in [5.41, 5.74) is 3.55. The number of hydrogen-bond acceptors (Lipinski definition) is 8. The van der Waals surface area contributed by atoms with Crippen molar-refractivity contribution in [3.8, 4) is 0 Å². The van der Waals surface area contributed by atoms with Gasteiger partial charge >= 0.3 is 0 Å². The number of unbranched alkanes of at least 4 members (excludes halogenated alkanes) is 5. The molecule has 1 amide bonds. The lowest BCUT2D eigenvalue weighted by molar-refractivity contribution is -0.117. The third-order valence-electron chi connectivity index (χ3n) is 9.09. The van der Waals surface area contributed by atoms with E-state index in [2.05, 4.69) is 36.5 Å². The molecular formula is C44H64ClN3O6. The number of halogens is 1.